The lowest BCUT2D eigenvalue weighted by Crippen LogP contribution is -2.31. The quantitative estimate of drug-likeness (QED) is 0.820. The predicted molar refractivity (Wildman–Crippen MR) is 101 cm³/mol. The van der Waals surface area contributed by atoms with E-state index in [4.69, 9.17) is 10.5 Å². The third kappa shape index (κ3) is 3.71. The van der Waals surface area contributed by atoms with E-state index in [-0.39, 0.29) is 11.8 Å². The molecular weight excluding hydrogens is 367 g/mol. The number of hydrogen-bond acceptors (Lipinski definition) is 4. The number of benzene rings is 2. The van der Waals surface area contributed by atoms with E-state index in [1.54, 1.807) is 0 Å². The van der Waals surface area contributed by atoms with E-state index < -0.39 is 11.7 Å². The third-order valence-electron chi connectivity index (χ3n) is 5.29. The summed E-state index contributed by atoms with van der Waals surface area (Å²) in [5.41, 5.74) is 8.41. The van der Waals surface area contributed by atoms with Gasteiger partial charge in [-0.2, -0.15) is 18.3 Å². The molecule has 0 amide bonds. The van der Waals surface area contributed by atoms with Crippen LogP contribution in [0.15, 0.2) is 53.6 Å². The Hall–Kier alpha value is -2.54. The Morgan fingerprint density at radius 2 is 1.89 bits per heavy atom. The van der Waals surface area contributed by atoms with Gasteiger partial charge in [0.25, 0.3) is 0 Å². The molecule has 0 saturated heterocycles. The van der Waals surface area contributed by atoms with E-state index >= 15 is 0 Å². The Labute approximate surface area is 161 Å². The molecule has 7 heteroatoms. The van der Waals surface area contributed by atoms with E-state index in [1.807, 2.05) is 30.1 Å². The first-order chi connectivity index (χ1) is 13.3. The molecule has 2 N–H and O–H groups in total. The van der Waals surface area contributed by atoms with Gasteiger partial charge in [-0.25, -0.2) is 0 Å². The van der Waals surface area contributed by atoms with Crippen molar-refractivity contribution >= 4 is 5.71 Å². The van der Waals surface area contributed by atoms with Gasteiger partial charge in [0, 0.05) is 18.5 Å². The van der Waals surface area contributed by atoms with Crippen LogP contribution in [-0.4, -0.2) is 23.5 Å². The molecule has 4 nitrogen and oxygen atoms in total. The highest BCUT2D eigenvalue weighted by atomic mass is 19.4. The summed E-state index contributed by atoms with van der Waals surface area (Å²) in [6, 6.07) is 12.9. The predicted octanol–water partition coefficient (Wildman–Crippen LogP) is 4.49. The fourth-order valence-electron chi connectivity index (χ4n) is 3.39. The first-order valence-corrected chi connectivity index (χ1v) is 9.36. The van der Waals surface area contributed by atoms with Gasteiger partial charge in [0.1, 0.15) is 5.75 Å². The second-order valence-corrected chi connectivity index (χ2v) is 7.34. The molecule has 1 saturated carbocycles. The molecule has 2 aliphatic rings. The number of alkyl halides is 3. The van der Waals surface area contributed by atoms with E-state index in [2.05, 4.69) is 11.2 Å². The maximum absolute atomic E-state index is 12.7. The molecule has 28 heavy (non-hydrogen) atoms. The van der Waals surface area contributed by atoms with Crippen LogP contribution < -0.4 is 10.5 Å². The summed E-state index contributed by atoms with van der Waals surface area (Å²) in [4.78, 5) is 0. The minimum Gasteiger partial charge on any atom is -0.469 e. The number of hydrogen-bond donors (Lipinski definition) is 1. The van der Waals surface area contributed by atoms with Crippen LogP contribution in [0.5, 0.6) is 5.75 Å². The molecule has 2 aromatic rings. The molecular formula is C21H22F3N3O. The van der Waals surface area contributed by atoms with E-state index in [0.29, 0.717) is 18.7 Å². The van der Waals surface area contributed by atoms with Crippen LogP contribution in [0.4, 0.5) is 13.2 Å². The Morgan fingerprint density at radius 1 is 1.18 bits per heavy atom. The van der Waals surface area contributed by atoms with Gasteiger partial charge in [-0.1, -0.05) is 18.2 Å². The monoisotopic (exact) mass is 389 g/mol. The van der Waals surface area contributed by atoms with Gasteiger partial charge in [0.05, 0.1) is 11.3 Å². The van der Waals surface area contributed by atoms with Crippen molar-refractivity contribution in [1.29, 1.82) is 0 Å². The fourth-order valence-corrected chi connectivity index (χ4v) is 3.39. The molecule has 0 radical (unpaired) electrons. The zero-order valence-corrected chi connectivity index (χ0v) is 15.5. The highest BCUT2D eigenvalue weighted by molar-refractivity contribution is 6.01. The zero-order chi connectivity index (χ0) is 19.9. The van der Waals surface area contributed by atoms with Crippen LogP contribution in [0, 0.1) is 0 Å². The molecule has 0 spiro atoms. The van der Waals surface area contributed by atoms with E-state index in [1.165, 1.54) is 12.1 Å². The first kappa shape index (κ1) is 18.8. The van der Waals surface area contributed by atoms with Crippen molar-refractivity contribution in [3.05, 3.63) is 65.2 Å². The minimum absolute atomic E-state index is 0.213. The largest absolute Gasteiger partial charge is 0.469 e. The summed E-state index contributed by atoms with van der Waals surface area (Å²) in [7, 11) is 0. The van der Waals surface area contributed by atoms with Crippen molar-refractivity contribution in [2.45, 2.75) is 44.1 Å². The number of nitrogens with two attached hydrogens (primary N) is 1. The Balaban J connectivity index is 1.49. The van der Waals surface area contributed by atoms with Gasteiger partial charge in [-0.3, -0.25) is 5.01 Å². The third-order valence-corrected chi connectivity index (χ3v) is 5.29. The number of nitrogens with zero attached hydrogens (tertiary/aromatic N) is 2. The Morgan fingerprint density at radius 3 is 2.50 bits per heavy atom. The molecule has 1 aliphatic carbocycles. The lowest BCUT2D eigenvalue weighted by atomic mass is 9.99. The van der Waals surface area contributed by atoms with Crippen molar-refractivity contribution in [2.75, 3.05) is 6.54 Å². The maximum atomic E-state index is 12.7. The van der Waals surface area contributed by atoms with Gasteiger partial charge < -0.3 is 10.5 Å². The van der Waals surface area contributed by atoms with Crippen LogP contribution >= 0.6 is 0 Å². The number of hydrazone groups is 1. The number of halogens is 3. The molecule has 1 aliphatic heterocycles. The standard InChI is InChI=1S/C21H22F3N3O/c1-2-27-19(28-17-8-6-15(7-9-17)21(22,23)24)13-18(26-27)14-4-3-5-16(12-14)20(25)10-11-20/h3-9,12,19H,2,10-11,13,25H2,1H3. The lowest BCUT2D eigenvalue weighted by molar-refractivity contribution is -0.137. The molecule has 2 aromatic carbocycles. The van der Waals surface area contributed by atoms with Crippen molar-refractivity contribution < 1.29 is 17.9 Å². The fraction of sp³-hybridized carbons (Fsp3) is 0.381. The molecule has 148 valence electrons. The van der Waals surface area contributed by atoms with Gasteiger partial charge in [-0.15, -0.1) is 0 Å². The molecule has 1 fully saturated rings. The van der Waals surface area contributed by atoms with Crippen LogP contribution in [0.25, 0.3) is 0 Å². The average Bonchev–Trinajstić information content (AvgIpc) is 3.30. The minimum atomic E-state index is -4.36. The van der Waals surface area contributed by atoms with Crippen molar-refractivity contribution in [1.82, 2.24) is 5.01 Å². The molecule has 1 atom stereocenters. The van der Waals surface area contributed by atoms with Gasteiger partial charge in [0.15, 0.2) is 6.23 Å². The van der Waals surface area contributed by atoms with Gasteiger partial charge in [-0.05, 0) is 61.2 Å². The summed E-state index contributed by atoms with van der Waals surface area (Å²) >= 11 is 0. The smallest absolute Gasteiger partial charge is 0.416 e. The van der Waals surface area contributed by atoms with Crippen LogP contribution in [0.3, 0.4) is 0 Å². The van der Waals surface area contributed by atoms with Crippen molar-refractivity contribution in [3.63, 3.8) is 0 Å². The lowest BCUT2D eigenvalue weighted by Gasteiger charge is -2.23. The zero-order valence-electron chi connectivity index (χ0n) is 15.5. The number of rotatable bonds is 5. The first-order valence-electron chi connectivity index (χ1n) is 9.36. The SMILES string of the molecule is CCN1N=C(c2cccc(C3(N)CC3)c2)CC1Oc1ccc(C(F)(F)F)cc1. The van der Waals surface area contributed by atoms with Crippen LogP contribution in [-0.2, 0) is 11.7 Å². The second-order valence-electron chi connectivity index (χ2n) is 7.34. The molecule has 0 aromatic heterocycles. The van der Waals surface area contributed by atoms with Crippen LogP contribution in [0.1, 0.15) is 42.9 Å². The van der Waals surface area contributed by atoms with Gasteiger partial charge >= 0.3 is 6.18 Å². The summed E-state index contributed by atoms with van der Waals surface area (Å²) in [6.45, 7) is 2.60. The number of ether oxygens (including phenoxy) is 1. The Bertz CT molecular complexity index is 889. The summed E-state index contributed by atoms with van der Waals surface area (Å²) in [5, 5.41) is 6.47. The second kappa shape index (κ2) is 6.81. The highest BCUT2D eigenvalue weighted by Gasteiger charge is 2.40. The Kier molecular flexibility index (Phi) is 4.57. The summed E-state index contributed by atoms with van der Waals surface area (Å²) in [5.74, 6) is 0.389. The van der Waals surface area contributed by atoms with Gasteiger partial charge in [0.2, 0.25) is 0 Å². The normalized spacial score (nSPS) is 20.8. The molecule has 1 heterocycles. The molecule has 0 bridgehead atoms. The van der Waals surface area contributed by atoms with E-state index in [9.17, 15) is 13.2 Å². The maximum Gasteiger partial charge on any atom is 0.416 e. The van der Waals surface area contributed by atoms with Crippen molar-refractivity contribution in [3.8, 4) is 5.75 Å². The summed E-state index contributed by atoms with van der Waals surface area (Å²) < 4.78 is 44.1. The molecule has 4 rings (SSSR count). The van der Waals surface area contributed by atoms with Crippen molar-refractivity contribution in [2.24, 2.45) is 10.8 Å². The van der Waals surface area contributed by atoms with Crippen LogP contribution in [0.2, 0.25) is 0 Å². The van der Waals surface area contributed by atoms with E-state index in [0.717, 1.165) is 41.8 Å². The molecule has 1 unspecified atom stereocenters. The highest BCUT2D eigenvalue weighted by Crippen LogP contribution is 2.43. The topological polar surface area (TPSA) is 50.8 Å². The summed E-state index contributed by atoms with van der Waals surface area (Å²) in [6.07, 6.45) is -2.18. The average molecular weight is 389 g/mol.